The molecular formula is C62H111N11O12. The topological polar surface area (TPSA) is 288 Å². The van der Waals surface area contributed by atoms with Gasteiger partial charge in [-0.25, -0.2) is 0 Å². The van der Waals surface area contributed by atoms with Gasteiger partial charge in [0, 0.05) is 42.3 Å². The van der Waals surface area contributed by atoms with Crippen molar-refractivity contribution in [1.82, 2.24) is 56.0 Å². The van der Waals surface area contributed by atoms with Gasteiger partial charge < -0.3 is 61.1 Å². The third-order valence-electron chi connectivity index (χ3n) is 15.8. The summed E-state index contributed by atoms with van der Waals surface area (Å²) in [4.78, 5) is 167. The van der Waals surface area contributed by atoms with Crippen LogP contribution in [0.2, 0.25) is 0 Å². The van der Waals surface area contributed by atoms with E-state index in [2.05, 4.69) is 26.6 Å². The molecular weight excluding hydrogens is 1090 g/mol. The SMILES string of the molecule is C/C=C/C[C@@H](C)[C@@H](O)[C@H]1C(=O)N[C@@H](CCC)C(=O)N(C)CC(=O)N(C)[C@@H](CC(C)C)C(=O)N[C@@H](C(C)C)C(=O)N(C)[C@@H](CC(C)C)C(=O)N[C@@H](C)C(=O)N[C@H](C)C(=O)N(C)[C@H](CC(C)C)C(=O)N[C@@H](CC(C)C)C(=O)N(C)[C@@H](C(C)C)C(=O)N1C. The van der Waals surface area contributed by atoms with Crippen LogP contribution in [0.5, 0.6) is 0 Å². The molecule has 0 saturated carbocycles. The van der Waals surface area contributed by atoms with Gasteiger partial charge in [-0.15, -0.1) is 0 Å². The summed E-state index contributed by atoms with van der Waals surface area (Å²) in [6, 6.07) is -12.4. The van der Waals surface area contributed by atoms with Crippen molar-refractivity contribution in [2.75, 3.05) is 48.8 Å². The Morgan fingerprint density at radius 1 is 0.471 bits per heavy atom. The molecule has 0 aliphatic carbocycles. The van der Waals surface area contributed by atoms with Crippen LogP contribution < -0.4 is 26.6 Å². The molecule has 0 bridgehead atoms. The maximum absolute atomic E-state index is 15.1. The summed E-state index contributed by atoms with van der Waals surface area (Å²) in [5, 5.41) is 26.0. The van der Waals surface area contributed by atoms with Crippen LogP contribution in [0.15, 0.2) is 12.2 Å². The predicted molar refractivity (Wildman–Crippen MR) is 328 cm³/mol. The third-order valence-corrected chi connectivity index (χ3v) is 15.8. The smallest absolute Gasteiger partial charge is 0.246 e. The van der Waals surface area contributed by atoms with Crippen LogP contribution in [0.3, 0.4) is 0 Å². The minimum absolute atomic E-state index is 0.0918. The molecule has 0 radical (unpaired) electrons. The lowest BCUT2D eigenvalue weighted by molar-refractivity contribution is -0.154. The van der Waals surface area contributed by atoms with Crippen molar-refractivity contribution in [3.05, 3.63) is 12.2 Å². The molecule has 85 heavy (non-hydrogen) atoms. The highest BCUT2D eigenvalue weighted by molar-refractivity contribution is 5.99. The van der Waals surface area contributed by atoms with Crippen molar-refractivity contribution in [1.29, 1.82) is 0 Å². The number of carbonyl (C=O) groups excluding carboxylic acids is 11. The molecule has 11 amide bonds. The van der Waals surface area contributed by atoms with Crippen LogP contribution in [-0.2, 0) is 52.7 Å². The van der Waals surface area contributed by atoms with Gasteiger partial charge >= 0.3 is 0 Å². The molecule has 0 aromatic rings. The van der Waals surface area contributed by atoms with E-state index in [1.807, 2.05) is 61.5 Å². The second-order valence-corrected chi connectivity index (χ2v) is 26.1. The summed E-state index contributed by atoms with van der Waals surface area (Å²) in [5.74, 6) is -9.82. The molecule has 0 spiro atoms. The summed E-state index contributed by atoms with van der Waals surface area (Å²) in [6.07, 6.45) is 3.47. The minimum Gasteiger partial charge on any atom is -0.390 e. The maximum Gasteiger partial charge on any atom is 0.246 e. The van der Waals surface area contributed by atoms with Gasteiger partial charge in [0.15, 0.2) is 0 Å². The van der Waals surface area contributed by atoms with E-state index >= 15 is 4.79 Å². The highest BCUT2D eigenvalue weighted by Gasteiger charge is 2.45. The summed E-state index contributed by atoms with van der Waals surface area (Å²) >= 11 is 0. The van der Waals surface area contributed by atoms with Crippen molar-refractivity contribution in [2.45, 2.75) is 229 Å². The number of nitrogens with one attached hydrogen (secondary N) is 5. The zero-order valence-electron chi connectivity index (χ0n) is 55.8. The maximum atomic E-state index is 15.1. The van der Waals surface area contributed by atoms with E-state index in [0.29, 0.717) is 12.8 Å². The Morgan fingerprint density at radius 2 is 0.906 bits per heavy atom. The van der Waals surface area contributed by atoms with Crippen LogP contribution in [0.1, 0.15) is 163 Å². The molecule has 1 rings (SSSR count). The van der Waals surface area contributed by atoms with Gasteiger partial charge in [0.05, 0.1) is 12.6 Å². The minimum atomic E-state index is -1.61. The number of aliphatic hydroxyl groups is 1. The van der Waals surface area contributed by atoms with Crippen molar-refractivity contribution < 1.29 is 57.8 Å². The van der Waals surface area contributed by atoms with E-state index in [4.69, 9.17) is 0 Å². The first-order valence-corrected chi connectivity index (χ1v) is 30.7. The van der Waals surface area contributed by atoms with Crippen molar-refractivity contribution >= 4 is 65.0 Å². The van der Waals surface area contributed by atoms with Crippen LogP contribution in [0.4, 0.5) is 0 Å². The fraction of sp³-hybridized carbons (Fsp3) is 0.790. The Hall–Kier alpha value is -6.13. The Morgan fingerprint density at radius 3 is 1.36 bits per heavy atom. The van der Waals surface area contributed by atoms with Gasteiger partial charge in [0.25, 0.3) is 0 Å². The highest BCUT2D eigenvalue weighted by Crippen LogP contribution is 2.24. The lowest BCUT2D eigenvalue weighted by Gasteiger charge is -2.40. The Bertz CT molecular complexity index is 2310. The molecule has 486 valence electrons. The summed E-state index contributed by atoms with van der Waals surface area (Å²) < 4.78 is 0. The molecule has 1 fully saturated rings. The Kier molecular flexibility index (Phi) is 32.1. The van der Waals surface area contributed by atoms with E-state index in [1.165, 1.54) is 75.7 Å². The Balaban J connectivity index is 4.30. The second kappa shape index (κ2) is 35.5. The van der Waals surface area contributed by atoms with Gasteiger partial charge in [-0.3, -0.25) is 52.7 Å². The molecule has 0 unspecified atom stereocenters. The van der Waals surface area contributed by atoms with Crippen molar-refractivity contribution in [2.24, 2.45) is 41.4 Å². The Labute approximate surface area is 508 Å². The van der Waals surface area contributed by atoms with Crippen molar-refractivity contribution in [3.63, 3.8) is 0 Å². The number of hydrogen-bond acceptors (Lipinski definition) is 12. The number of hydrogen-bond donors (Lipinski definition) is 6. The van der Waals surface area contributed by atoms with Crippen LogP contribution in [0, 0.1) is 41.4 Å². The van der Waals surface area contributed by atoms with E-state index in [9.17, 15) is 53.1 Å². The van der Waals surface area contributed by atoms with E-state index < -0.39 is 156 Å². The third kappa shape index (κ3) is 22.6. The molecule has 0 aromatic heterocycles. The number of amides is 11. The average molecular weight is 1200 g/mol. The predicted octanol–water partition coefficient (Wildman–Crippen LogP) is 3.32. The first kappa shape index (κ1) is 76.9. The lowest BCUT2D eigenvalue weighted by atomic mass is 9.91. The monoisotopic (exact) mass is 1200 g/mol. The first-order chi connectivity index (χ1) is 39.3. The van der Waals surface area contributed by atoms with E-state index in [0.717, 1.165) is 9.80 Å². The summed E-state index contributed by atoms with van der Waals surface area (Å²) in [5.41, 5.74) is 0. The molecule has 6 N–H and O–H groups in total. The molecule has 12 atom stereocenters. The van der Waals surface area contributed by atoms with Crippen molar-refractivity contribution in [3.8, 4) is 0 Å². The van der Waals surface area contributed by atoms with Gasteiger partial charge in [-0.05, 0) is 101 Å². The zero-order chi connectivity index (χ0) is 65.8. The van der Waals surface area contributed by atoms with Gasteiger partial charge in [0.1, 0.15) is 60.4 Å². The number of allylic oxidation sites excluding steroid dienone is 2. The fourth-order valence-electron chi connectivity index (χ4n) is 10.6. The molecule has 23 nitrogen and oxygen atoms in total. The zero-order valence-corrected chi connectivity index (χ0v) is 55.8. The number of aliphatic hydroxyl groups excluding tert-OH is 1. The van der Waals surface area contributed by atoms with E-state index in [1.54, 1.807) is 54.5 Å². The quantitative estimate of drug-likeness (QED) is 0.121. The normalized spacial score (nSPS) is 26.8. The molecule has 1 saturated heterocycles. The molecule has 0 aromatic carbocycles. The lowest BCUT2D eigenvalue weighted by Crippen LogP contribution is -2.63. The highest BCUT2D eigenvalue weighted by atomic mass is 16.3. The first-order valence-electron chi connectivity index (χ1n) is 30.7. The molecule has 1 aliphatic rings. The average Bonchev–Trinajstić information content (AvgIpc) is 3.41. The van der Waals surface area contributed by atoms with Crippen LogP contribution in [-0.4, -0.2) is 215 Å². The van der Waals surface area contributed by atoms with Crippen LogP contribution >= 0.6 is 0 Å². The standard InChI is InChI=1S/C62H111N11O12/c1-24-26-28-40(15)52(75)51-57(80)65-43(27-25-2)59(82)68(18)33-48(74)69(19)45(30-35(5)6)56(79)67-49(38(11)12)61(84)71(21)46(31-36(7)8)54(77)63-41(16)53(76)64-42(17)58(81)70(20)47(32-37(9)10)55(78)66-44(29-34(3)4)60(83)72(22)50(39(13)14)62(85)73(51)23/h24,26,34-47,49-52,75H,25,27-33H2,1-23H3,(H,63,77)(H,64,76)(H,65,80)(H,66,78)(H,67,79)/b26-24+/t40-,41+,42-,43+,44+,45+,46+,47-,49+,50+,51+,52-/m1/s1. The number of likely N-dealkylation sites (N-methyl/N-ethyl adjacent to an activating group) is 6. The molecule has 23 heteroatoms. The number of nitrogens with zero attached hydrogens (tertiary/aromatic N) is 6. The number of rotatable bonds is 16. The van der Waals surface area contributed by atoms with E-state index in [-0.39, 0.29) is 55.8 Å². The van der Waals surface area contributed by atoms with Gasteiger partial charge in [-0.1, -0.05) is 116 Å². The molecule has 1 aliphatic heterocycles. The van der Waals surface area contributed by atoms with Gasteiger partial charge in [-0.2, -0.15) is 0 Å². The second-order valence-electron chi connectivity index (χ2n) is 26.1. The van der Waals surface area contributed by atoms with Gasteiger partial charge in [0.2, 0.25) is 65.0 Å². The summed E-state index contributed by atoms with van der Waals surface area (Å²) in [7, 11) is 8.43. The summed E-state index contributed by atoms with van der Waals surface area (Å²) in [6.45, 7) is 29.4. The largest absolute Gasteiger partial charge is 0.390 e. The fourth-order valence-corrected chi connectivity index (χ4v) is 10.6. The van der Waals surface area contributed by atoms with Crippen LogP contribution in [0.25, 0.3) is 0 Å². The molecule has 1 heterocycles. The number of carbonyl (C=O) groups is 11.